The number of aryl methyl sites for hydroxylation is 3. The topological polar surface area (TPSA) is 105 Å². The van der Waals surface area contributed by atoms with Gasteiger partial charge in [0.05, 0.1) is 16.6 Å². The highest BCUT2D eigenvalue weighted by atomic mass is 32.1. The van der Waals surface area contributed by atoms with Gasteiger partial charge in [0.25, 0.3) is 11.5 Å². The van der Waals surface area contributed by atoms with Crippen molar-refractivity contribution < 1.29 is 9.59 Å². The summed E-state index contributed by atoms with van der Waals surface area (Å²) in [5.41, 5.74) is 5.42. The summed E-state index contributed by atoms with van der Waals surface area (Å²) in [6.07, 6.45) is 1.35. The summed E-state index contributed by atoms with van der Waals surface area (Å²) in [6.45, 7) is 5.45. The van der Waals surface area contributed by atoms with Crippen molar-refractivity contribution in [1.29, 1.82) is 0 Å². The molecule has 0 bridgehead atoms. The van der Waals surface area contributed by atoms with Crippen LogP contribution in [0.15, 0.2) is 83.9 Å². The van der Waals surface area contributed by atoms with Crippen molar-refractivity contribution in [2.75, 3.05) is 16.0 Å². The van der Waals surface area contributed by atoms with Crippen molar-refractivity contribution in [3.63, 3.8) is 0 Å². The molecule has 0 saturated heterocycles. The first-order valence-electron chi connectivity index (χ1n) is 12.4. The van der Waals surface area contributed by atoms with E-state index >= 15 is 0 Å². The second kappa shape index (κ2) is 10.9. The highest BCUT2D eigenvalue weighted by Crippen LogP contribution is 2.28. The van der Waals surface area contributed by atoms with E-state index in [0.29, 0.717) is 32.0 Å². The van der Waals surface area contributed by atoms with Crippen molar-refractivity contribution in [3.8, 4) is 0 Å². The van der Waals surface area contributed by atoms with E-state index in [1.54, 1.807) is 19.1 Å². The number of carbonyl (C=O) groups is 2. The largest absolute Gasteiger partial charge is 0.356 e. The van der Waals surface area contributed by atoms with Crippen LogP contribution in [0.2, 0.25) is 0 Å². The molecule has 9 heteroatoms. The number of aromatic nitrogens is 2. The molecule has 0 fully saturated rings. The third kappa shape index (κ3) is 5.73. The number of para-hydroxylation sites is 1. The van der Waals surface area contributed by atoms with Gasteiger partial charge >= 0.3 is 0 Å². The van der Waals surface area contributed by atoms with Crippen LogP contribution >= 0.6 is 11.3 Å². The SMILES string of the molecule is Cc1ccc(NC(=O)c2sc3ncn(CC(=O)Nc4ccc(Nc5ccccc5)cc4)c(=O)c3c2C)c(C)c1. The standard InChI is InChI=1S/C30H27N5O3S/c1-18-9-14-24(19(2)15-18)34-28(37)27-20(3)26-29(39-27)31-17-35(30(26)38)16-25(36)33-23-12-10-22(11-13-23)32-21-7-5-4-6-8-21/h4-15,17,32H,16H2,1-3H3,(H,33,36)(H,34,37). The van der Waals surface area contributed by atoms with Gasteiger partial charge in [0.15, 0.2) is 0 Å². The molecule has 0 radical (unpaired) electrons. The van der Waals surface area contributed by atoms with E-state index in [-0.39, 0.29) is 23.9 Å². The van der Waals surface area contributed by atoms with Crippen molar-refractivity contribution in [2.24, 2.45) is 0 Å². The van der Waals surface area contributed by atoms with Gasteiger partial charge in [0.2, 0.25) is 5.91 Å². The van der Waals surface area contributed by atoms with Gasteiger partial charge < -0.3 is 16.0 Å². The van der Waals surface area contributed by atoms with Gasteiger partial charge in [0, 0.05) is 22.7 Å². The first-order chi connectivity index (χ1) is 18.8. The summed E-state index contributed by atoms with van der Waals surface area (Å²) in [5, 5.41) is 9.38. The van der Waals surface area contributed by atoms with E-state index in [4.69, 9.17) is 0 Å². The lowest BCUT2D eigenvalue weighted by atomic mass is 10.1. The lowest BCUT2D eigenvalue weighted by Gasteiger charge is -2.10. The smallest absolute Gasteiger partial charge is 0.266 e. The Hall–Kier alpha value is -4.76. The van der Waals surface area contributed by atoms with Crippen LogP contribution < -0.4 is 21.5 Å². The number of fused-ring (bicyclic) bond motifs is 1. The van der Waals surface area contributed by atoms with E-state index < -0.39 is 0 Å². The van der Waals surface area contributed by atoms with E-state index in [2.05, 4.69) is 20.9 Å². The zero-order valence-corrected chi connectivity index (χ0v) is 22.6. The van der Waals surface area contributed by atoms with Crippen LogP contribution in [0.3, 0.4) is 0 Å². The average molecular weight is 538 g/mol. The summed E-state index contributed by atoms with van der Waals surface area (Å²) in [6, 6.07) is 22.9. The number of benzene rings is 3. The van der Waals surface area contributed by atoms with Crippen LogP contribution in [-0.4, -0.2) is 21.4 Å². The summed E-state index contributed by atoms with van der Waals surface area (Å²) < 4.78 is 1.26. The lowest BCUT2D eigenvalue weighted by molar-refractivity contribution is -0.116. The normalized spacial score (nSPS) is 10.8. The summed E-state index contributed by atoms with van der Waals surface area (Å²) in [4.78, 5) is 44.3. The number of thiophene rings is 1. The molecule has 39 heavy (non-hydrogen) atoms. The molecule has 0 aliphatic carbocycles. The molecule has 0 unspecified atom stereocenters. The zero-order valence-electron chi connectivity index (χ0n) is 21.7. The lowest BCUT2D eigenvalue weighted by Crippen LogP contribution is -2.28. The third-order valence-corrected chi connectivity index (χ3v) is 7.50. The molecule has 2 amide bonds. The molecule has 8 nitrogen and oxygen atoms in total. The number of carbonyl (C=O) groups excluding carboxylic acids is 2. The molecular weight excluding hydrogens is 510 g/mol. The van der Waals surface area contributed by atoms with Gasteiger partial charge in [-0.25, -0.2) is 4.98 Å². The first kappa shape index (κ1) is 25.9. The molecule has 5 rings (SSSR count). The van der Waals surface area contributed by atoms with Crippen LogP contribution in [-0.2, 0) is 11.3 Å². The molecule has 0 spiro atoms. The number of hydrogen-bond acceptors (Lipinski definition) is 6. The van der Waals surface area contributed by atoms with E-state index in [9.17, 15) is 14.4 Å². The number of nitrogens with zero attached hydrogens (tertiary/aromatic N) is 2. The second-order valence-electron chi connectivity index (χ2n) is 9.30. The van der Waals surface area contributed by atoms with Crippen molar-refractivity contribution in [2.45, 2.75) is 27.3 Å². The van der Waals surface area contributed by atoms with E-state index in [1.807, 2.05) is 74.5 Å². The maximum absolute atomic E-state index is 13.3. The number of amides is 2. The minimum Gasteiger partial charge on any atom is -0.356 e. The molecule has 0 atom stereocenters. The predicted octanol–water partition coefficient (Wildman–Crippen LogP) is 6.02. The maximum Gasteiger partial charge on any atom is 0.266 e. The fourth-order valence-electron chi connectivity index (χ4n) is 4.30. The Bertz CT molecular complexity index is 1740. The Morgan fingerprint density at radius 3 is 2.28 bits per heavy atom. The maximum atomic E-state index is 13.3. The van der Waals surface area contributed by atoms with Crippen molar-refractivity contribution in [1.82, 2.24) is 9.55 Å². The molecule has 3 N–H and O–H groups in total. The van der Waals surface area contributed by atoms with Crippen molar-refractivity contribution in [3.05, 3.63) is 111 Å². The van der Waals surface area contributed by atoms with Crippen LogP contribution in [0.4, 0.5) is 22.7 Å². The summed E-state index contributed by atoms with van der Waals surface area (Å²) in [7, 11) is 0. The molecular formula is C30H27N5O3S. The number of rotatable bonds is 7. The van der Waals surface area contributed by atoms with Crippen molar-refractivity contribution >= 4 is 56.1 Å². The van der Waals surface area contributed by atoms with Gasteiger partial charge in [-0.1, -0.05) is 35.9 Å². The van der Waals surface area contributed by atoms with Gasteiger partial charge in [-0.2, -0.15) is 0 Å². The minimum atomic E-state index is -0.364. The summed E-state index contributed by atoms with van der Waals surface area (Å²) in [5.74, 6) is -0.654. The molecule has 3 aromatic carbocycles. The number of nitrogens with one attached hydrogen (secondary N) is 3. The monoisotopic (exact) mass is 537 g/mol. The molecule has 0 aliphatic rings. The fourth-order valence-corrected chi connectivity index (χ4v) is 5.34. The fraction of sp³-hybridized carbons (Fsp3) is 0.133. The van der Waals surface area contributed by atoms with Gasteiger partial charge in [-0.05, 0) is 74.4 Å². The predicted molar refractivity (Wildman–Crippen MR) is 157 cm³/mol. The van der Waals surface area contributed by atoms with E-state index in [1.165, 1.54) is 10.9 Å². The Balaban J connectivity index is 1.29. The molecule has 2 aromatic heterocycles. The third-order valence-electron chi connectivity index (χ3n) is 6.30. The Morgan fingerprint density at radius 2 is 1.56 bits per heavy atom. The second-order valence-corrected chi connectivity index (χ2v) is 10.3. The molecule has 5 aromatic rings. The minimum absolute atomic E-state index is 0.203. The molecule has 196 valence electrons. The summed E-state index contributed by atoms with van der Waals surface area (Å²) >= 11 is 1.16. The van der Waals surface area contributed by atoms with Gasteiger partial charge in [0.1, 0.15) is 11.4 Å². The highest BCUT2D eigenvalue weighted by Gasteiger charge is 2.20. The molecule has 0 saturated carbocycles. The average Bonchev–Trinajstić information content (AvgIpc) is 3.26. The highest BCUT2D eigenvalue weighted by molar-refractivity contribution is 7.20. The van der Waals surface area contributed by atoms with Gasteiger partial charge in [-0.15, -0.1) is 11.3 Å². The van der Waals surface area contributed by atoms with Crippen LogP contribution in [0.25, 0.3) is 10.2 Å². The Kier molecular flexibility index (Phi) is 7.25. The number of hydrogen-bond donors (Lipinski definition) is 3. The zero-order chi connectivity index (χ0) is 27.5. The van der Waals surface area contributed by atoms with E-state index in [0.717, 1.165) is 33.8 Å². The quantitative estimate of drug-likeness (QED) is 0.236. The first-order valence-corrected chi connectivity index (χ1v) is 13.2. The molecule has 0 aliphatic heterocycles. The van der Waals surface area contributed by atoms with Gasteiger partial charge in [-0.3, -0.25) is 19.0 Å². The van der Waals surface area contributed by atoms with Crippen LogP contribution in [0, 0.1) is 20.8 Å². The Labute approximate surface area is 229 Å². The van der Waals surface area contributed by atoms with Crippen LogP contribution in [0.1, 0.15) is 26.4 Å². The van der Waals surface area contributed by atoms with Crippen LogP contribution in [0.5, 0.6) is 0 Å². The number of anilines is 4. The Morgan fingerprint density at radius 1 is 0.872 bits per heavy atom. The molecule has 2 heterocycles.